The van der Waals surface area contributed by atoms with Gasteiger partial charge < -0.3 is 9.88 Å². The molecule has 1 amide bonds. The highest BCUT2D eigenvalue weighted by atomic mass is 35.5. The van der Waals surface area contributed by atoms with Crippen LogP contribution in [-0.4, -0.2) is 15.5 Å². The van der Waals surface area contributed by atoms with Gasteiger partial charge in [-0.2, -0.15) is 0 Å². The first-order chi connectivity index (χ1) is 14.1. The molecular weight excluding hydrogens is 389 g/mol. The third-order valence-electron chi connectivity index (χ3n) is 4.71. The quantitative estimate of drug-likeness (QED) is 0.502. The molecule has 0 saturated heterocycles. The number of para-hydroxylation sites is 2. The van der Waals surface area contributed by atoms with Gasteiger partial charge in [-0.25, -0.2) is 9.37 Å². The molecule has 0 unspecified atom stereocenters. The maximum absolute atomic E-state index is 13.0. The molecule has 1 N–H and O–H groups in total. The van der Waals surface area contributed by atoms with E-state index in [1.54, 1.807) is 12.1 Å². The molecule has 3 aromatic carbocycles. The lowest BCUT2D eigenvalue weighted by Gasteiger charge is -2.10. The van der Waals surface area contributed by atoms with Crippen LogP contribution in [0.1, 0.15) is 17.0 Å². The van der Waals surface area contributed by atoms with Crippen LogP contribution in [0.15, 0.2) is 72.8 Å². The molecule has 0 spiro atoms. The molecule has 0 aliphatic rings. The Morgan fingerprint density at radius 1 is 0.966 bits per heavy atom. The molecular formula is C23H19ClFN3O. The molecule has 0 aliphatic carbocycles. The van der Waals surface area contributed by atoms with Crippen LogP contribution in [0.25, 0.3) is 11.0 Å². The lowest BCUT2D eigenvalue weighted by Crippen LogP contribution is -2.27. The first-order valence-electron chi connectivity index (χ1n) is 9.28. The average molecular weight is 408 g/mol. The number of nitrogens with zero attached hydrogens (tertiary/aromatic N) is 2. The summed E-state index contributed by atoms with van der Waals surface area (Å²) in [6.07, 6.45) is 0.594. The molecule has 0 radical (unpaired) electrons. The monoisotopic (exact) mass is 407 g/mol. The zero-order chi connectivity index (χ0) is 20.2. The van der Waals surface area contributed by atoms with E-state index in [1.165, 1.54) is 12.1 Å². The van der Waals surface area contributed by atoms with Crippen molar-refractivity contribution in [3.8, 4) is 0 Å². The van der Waals surface area contributed by atoms with E-state index in [0.717, 1.165) is 28.0 Å². The number of carbonyl (C=O) groups is 1. The van der Waals surface area contributed by atoms with Crippen molar-refractivity contribution in [2.45, 2.75) is 19.5 Å². The number of halogens is 2. The van der Waals surface area contributed by atoms with E-state index in [0.29, 0.717) is 18.0 Å². The lowest BCUT2D eigenvalue weighted by molar-refractivity contribution is -0.121. The van der Waals surface area contributed by atoms with Gasteiger partial charge in [0, 0.05) is 18.0 Å². The Bertz CT molecular complexity index is 1140. The second kappa shape index (κ2) is 8.45. The highest BCUT2D eigenvalue weighted by molar-refractivity contribution is 6.30. The fourth-order valence-electron chi connectivity index (χ4n) is 3.22. The first kappa shape index (κ1) is 19.2. The number of imidazole rings is 1. The first-order valence-corrected chi connectivity index (χ1v) is 9.66. The minimum Gasteiger partial charge on any atom is -0.350 e. The van der Waals surface area contributed by atoms with Crippen LogP contribution in [0.5, 0.6) is 0 Å². The Balaban J connectivity index is 1.54. The number of hydrogen-bond donors (Lipinski definition) is 1. The molecule has 4 rings (SSSR count). The number of hydrogen-bond acceptors (Lipinski definition) is 2. The Labute approximate surface area is 173 Å². The Morgan fingerprint density at radius 2 is 1.66 bits per heavy atom. The lowest BCUT2D eigenvalue weighted by atomic mass is 10.1. The van der Waals surface area contributed by atoms with Crippen LogP contribution in [0.4, 0.5) is 4.39 Å². The van der Waals surface area contributed by atoms with E-state index in [4.69, 9.17) is 16.6 Å². The van der Waals surface area contributed by atoms with Crippen molar-refractivity contribution >= 4 is 28.5 Å². The summed E-state index contributed by atoms with van der Waals surface area (Å²) in [6.45, 7) is 0.503. The third kappa shape index (κ3) is 4.63. The van der Waals surface area contributed by atoms with Gasteiger partial charge >= 0.3 is 0 Å². The molecule has 0 bridgehead atoms. The summed E-state index contributed by atoms with van der Waals surface area (Å²) in [5.74, 6) is 0.386. The highest BCUT2D eigenvalue weighted by Crippen LogP contribution is 2.19. The predicted octanol–water partition coefficient (Wildman–Crippen LogP) is 4.74. The van der Waals surface area contributed by atoms with Crippen molar-refractivity contribution in [2.75, 3.05) is 0 Å². The summed E-state index contributed by atoms with van der Waals surface area (Å²) in [5, 5.41) is 3.58. The number of nitrogens with one attached hydrogen (secondary N) is 1. The number of fused-ring (bicyclic) bond motifs is 1. The summed E-state index contributed by atoms with van der Waals surface area (Å²) in [4.78, 5) is 17.3. The van der Waals surface area contributed by atoms with E-state index in [-0.39, 0.29) is 18.3 Å². The molecule has 1 aromatic heterocycles. The van der Waals surface area contributed by atoms with Crippen LogP contribution in [-0.2, 0) is 24.3 Å². The largest absolute Gasteiger partial charge is 0.350 e. The van der Waals surface area contributed by atoms with E-state index in [2.05, 4.69) is 5.32 Å². The van der Waals surface area contributed by atoms with Crippen LogP contribution in [0, 0.1) is 5.82 Å². The van der Waals surface area contributed by atoms with Gasteiger partial charge in [-0.1, -0.05) is 48.0 Å². The zero-order valence-electron chi connectivity index (χ0n) is 15.6. The van der Waals surface area contributed by atoms with Gasteiger partial charge in [-0.15, -0.1) is 0 Å². The molecule has 146 valence electrons. The van der Waals surface area contributed by atoms with Gasteiger partial charge in [-0.3, -0.25) is 4.79 Å². The fraction of sp³-hybridized carbons (Fsp3) is 0.130. The SMILES string of the molecule is O=C(Cn1c(Cc2ccc(Cl)cc2)nc2ccccc21)NCc1ccc(F)cc1. The smallest absolute Gasteiger partial charge is 0.240 e. The highest BCUT2D eigenvalue weighted by Gasteiger charge is 2.14. The van der Waals surface area contributed by atoms with Crippen LogP contribution in [0.2, 0.25) is 5.02 Å². The third-order valence-corrected chi connectivity index (χ3v) is 4.97. The average Bonchev–Trinajstić information content (AvgIpc) is 3.06. The van der Waals surface area contributed by atoms with Gasteiger partial charge in [0.1, 0.15) is 18.2 Å². The van der Waals surface area contributed by atoms with Gasteiger partial charge in [-0.05, 0) is 47.5 Å². The van der Waals surface area contributed by atoms with Gasteiger partial charge in [0.05, 0.1) is 11.0 Å². The number of rotatable bonds is 6. The van der Waals surface area contributed by atoms with Crippen LogP contribution in [0.3, 0.4) is 0 Å². The predicted molar refractivity (Wildman–Crippen MR) is 112 cm³/mol. The summed E-state index contributed by atoms with van der Waals surface area (Å²) in [5.41, 5.74) is 3.67. The molecule has 0 fully saturated rings. The topological polar surface area (TPSA) is 46.9 Å². The molecule has 6 heteroatoms. The van der Waals surface area contributed by atoms with E-state index in [9.17, 15) is 9.18 Å². The summed E-state index contributed by atoms with van der Waals surface area (Å²) in [7, 11) is 0. The standard InChI is InChI=1S/C23H19ClFN3O/c24-18-9-5-16(6-10-18)13-22-27-20-3-1-2-4-21(20)28(22)15-23(29)26-14-17-7-11-19(25)12-8-17/h1-12H,13-15H2,(H,26,29). The van der Waals surface area contributed by atoms with Crippen molar-refractivity contribution in [1.82, 2.24) is 14.9 Å². The number of carbonyl (C=O) groups excluding carboxylic acids is 1. The minimum atomic E-state index is -0.295. The maximum atomic E-state index is 13.0. The van der Waals surface area contributed by atoms with Gasteiger partial charge in [0.25, 0.3) is 0 Å². The van der Waals surface area contributed by atoms with Crippen molar-refractivity contribution in [3.63, 3.8) is 0 Å². The van der Waals surface area contributed by atoms with Crippen molar-refractivity contribution in [1.29, 1.82) is 0 Å². The fourth-order valence-corrected chi connectivity index (χ4v) is 3.35. The Morgan fingerprint density at radius 3 is 2.41 bits per heavy atom. The summed E-state index contributed by atoms with van der Waals surface area (Å²) >= 11 is 5.98. The minimum absolute atomic E-state index is 0.130. The Hall–Kier alpha value is -3.18. The number of amides is 1. The zero-order valence-corrected chi connectivity index (χ0v) is 16.4. The summed E-state index contributed by atoms with van der Waals surface area (Å²) < 4.78 is 15.0. The molecule has 0 aliphatic heterocycles. The molecule has 0 saturated carbocycles. The van der Waals surface area contributed by atoms with Crippen molar-refractivity contribution in [2.24, 2.45) is 0 Å². The van der Waals surface area contributed by atoms with Crippen molar-refractivity contribution in [3.05, 3.63) is 101 Å². The van der Waals surface area contributed by atoms with E-state index in [1.807, 2.05) is 53.1 Å². The molecule has 29 heavy (non-hydrogen) atoms. The van der Waals surface area contributed by atoms with Crippen molar-refractivity contribution < 1.29 is 9.18 Å². The van der Waals surface area contributed by atoms with E-state index >= 15 is 0 Å². The summed E-state index contributed by atoms with van der Waals surface area (Å²) in [6, 6.07) is 21.5. The van der Waals surface area contributed by atoms with Gasteiger partial charge in [0.2, 0.25) is 5.91 Å². The second-order valence-corrected chi connectivity index (χ2v) is 7.25. The van der Waals surface area contributed by atoms with Crippen LogP contribution < -0.4 is 5.32 Å². The van der Waals surface area contributed by atoms with E-state index < -0.39 is 0 Å². The van der Waals surface area contributed by atoms with Crippen LogP contribution >= 0.6 is 11.6 Å². The molecule has 0 atom stereocenters. The second-order valence-electron chi connectivity index (χ2n) is 6.81. The normalized spacial score (nSPS) is 11.0. The van der Waals surface area contributed by atoms with Gasteiger partial charge in [0.15, 0.2) is 0 Å². The molecule has 4 nitrogen and oxygen atoms in total. The number of aromatic nitrogens is 2. The molecule has 1 heterocycles. The molecule has 4 aromatic rings. The Kier molecular flexibility index (Phi) is 5.58. The number of benzene rings is 3. The maximum Gasteiger partial charge on any atom is 0.240 e.